The third kappa shape index (κ3) is 4.59. The maximum atomic E-state index is 14.1. The minimum atomic E-state index is -0.865. The number of carbonyl (C=O) groups excluding carboxylic acids is 2. The number of hydrogen-bond donors (Lipinski definition) is 3. The third-order valence-electron chi connectivity index (χ3n) is 5.10. The molecule has 0 aliphatic carbocycles. The van der Waals surface area contributed by atoms with Gasteiger partial charge in [0.25, 0.3) is 11.8 Å². The fourth-order valence-corrected chi connectivity index (χ4v) is 3.44. The summed E-state index contributed by atoms with van der Waals surface area (Å²) in [5.74, 6) is -2.73. The predicted molar refractivity (Wildman–Crippen MR) is 113 cm³/mol. The maximum Gasteiger partial charge on any atom is 0.271 e. The van der Waals surface area contributed by atoms with Crippen LogP contribution in [0.4, 0.5) is 20.2 Å². The molecule has 3 aromatic rings. The van der Waals surface area contributed by atoms with E-state index in [4.69, 9.17) is 10.5 Å². The number of hydrogen-bond acceptors (Lipinski definition) is 5. The van der Waals surface area contributed by atoms with Crippen molar-refractivity contribution in [1.29, 1.82) is 0 Å². The van der Waals surface area contributed by atoms with Gasteiger partial charge in [-0.25, -0.2) is 13.5 Å². The lowest BCUT2D eigenvalue weighted by Gasteiger charge is -2.23. The second-order valence-corrected chi connectivity index (χ2v) is 7.33. The van der Waals surface area contributed by atoms with Crippen LogP contribution in [-0.4, -0.2) is 40.9 Å². The molecule has 32 heavy (non-hydrogen) atoms. The molecule has 1 aliphatic rings. The molecule has 4 N–H and O–H groups in total. The number of nitrogens with two attached hydrogens (primary N) is 1. The van der Waals surface area contributed by atoms with Gasteiger partial charge in [-0.1, -0.05) is 6.07 Å². The molecule has 0 bridgehead atoms. The van der Waals surface area contributed by atoms with E-state index in [1.807, 2.05) is 0 Å². The Kier molecular flexibility index (Phi) is 6.13. The van der Waals surface area contributed by atoms with Crippen molar-refractivity contribution in [1.82, 2.24) is 15.1 Å². The van der Waals surface area contributed by atoms with Crippen LogP contribution in [0.5, 0.6) is 0 Å². The molecule has 10 heteroatoms. The van der Waals surface area contributed by atoms with Crippen LogP contribution < -0.4 is 16.4 Å². The number of rotatable bonds is 6. The second kappa shape index (κ2) is 9.15. The van der Waals surface area contributed by atoms with Crippen LogP contribution in [0.1, 0.15) is 33.7 Å². The number of primary amides is 1. The van der Waals surface area contributed by atoms with Crippen LogP contribution in [0.25, 0.3) is 5.69 Å². The zero-order chi connectivity index (χ0) is 22.7. The summed E-state index contributed by atoms with van der Waals surface area (Å²) in [6.45, 7) is 1.25. The van der Waals surface area contributed by atoms with Crippen LogP contribution in [0.15, 0.2) is 48.7 Å². The summed E-state index contributed by atoms with van der Waals surface area (Å²) < 4.78 is 34.4. The summed E-state index contributed by atoms with van der Waals surface area (Å²) >= 11 is 0. The highest BCUT2D eigenvalue weighted by Crippen LogP contribution is 2.24. The van der Waals surface area contributed by atoms with Gasteiger partial charge in [-0.05, 0) is 49.2 Å². The molecule has 1 aromatic heterocycles. The van der Waals surface area contributed by atoms with Gasteiger partial charge in [0.05, 0.1) is 11.9 Å². The fraction of sp³-hybridized carbons (Fsp3) is 0.227. The number of amides is 2. The van der Waals surface area contributed by atoms with Crippen LogP contribution >= 0.6 is 0 Å². The van der Waals surface area contributed by atoms with Gasteiger partial charge in [0.1, 0.15) is 5.69 Å². The summed E-state index contributed by atoms with van der Waals surface area (Å²) in [5, 5.41) is 9.86. The van der Waals surface area contributed by atoms with Gasteiger partial charge in [-0.3, -0.25) is 9.59 Å². The second-order valence-electron chi connectivity index (χ2n) is 7.33. The third-order valence-corrected chi connectivity index (χ3v) is 5.10. The van der Waals surface area contributed by atoms with E-state index < -0.39 is 23.2 Å². The van der Waals surface area contributed by atoms with Gasteiger partial charge < -0.3 is 21.1 Å². The van der Waals surface area contributed by atoms with Crippen molar-refractivity contribution < 1.29 is 23.1 Å². The Balaban J connectivity index is 1.53. The summed E-state index contributed by atoms with van der Waals surface area (Å²) in [6, 6.07) is 10.0. The average Bonchev–Trinajstić information content (AvgIpc) is 3.18. The van der Waals surface area contributed by atoms with E-state index >= 15 is 0 Å². The van der Waals surface area contributed by atoms with Gasteiger partial charge >= 0.3 is 0 Å². The molecule has 0 radical (unpaired) electrons. The molecule has 1 aliphatic heterocycles. The predicted octanol–water partition coefficient (Wildman–Crippen LogP) is 2.90. The van der Waals surface area contributed by atoms with Crippen molar-refractivity contribution in [2.75, 3.05) is 18.5 Å². The molecule has 0 atom stereocenters. The first-order valence-electron chi connectivity index (χ1n) is 10.0. The molecule has 0 saturated carbocycles. The van der Waals surface area contributed by atoms with Crippen molar-refractivity contribution in [3.63, 3.8) is 0 Å². The van der Waals surface area contributed by atoms with E-state index in [0.29, 0.717) is 24.5 Å². The van der Waals surface area contributed by atoms with Crippen LogP contribution in [0, 0.1) is 11.6 Å². The molecule has 8 nitrogen and oxygen atoms in total. The van der Waals surface area contributed by atoms with E-state index in [0.717, 1.165) is 29.7 Å². The molecule has 2 heterocycles. The Morgan fingerprint density at radius 1 is 1.06 bits per heavy atom. The van der Waals surface area contributed by atoms with Crippen LogP contribution in [0.3, 0.4) is 0 Å². The highest BCUT2D eigenvalue weighted by molar-refractivity contribution is 5.97. The molecule has 1 fully saturated rings. The Morgan fingerprint density at radius 2 is 1.72 bits per heavy atom. The van der Waals surface area contributed by atoms with Gasteiger partial charge in [-0.15, -0.1) is 0 Å². The van der Waals surface area contributed by atoms with E-state index in [1.54, 1.807) is 24.3 Å². The van der Waals surface area contributed by atoms with Gasteiger partial charge in [0.2, 0.25) is 0 Å². The first-order chi connectivity index (χ1) is 15.4. The molecular weight excluding hydrogens is 420 g/mol. The first-order valence-corrected chi connectivity index (χ1v) is 10.0. The molecule has 166 valence electrons. The van der Waals surface area contributed by atoms with Crippen LogP contribution in [0.2, 0.25) is 0 Å². The summed E-state index contributed by atoms with van der Waals surface area (Å²) in [5.41, 5.74) is 5.94. The average molecular weight is 441 g/mol. The van der Waals surface area contributed by atoms with E-state index in [2.05, 4.69) is 15.7 Å². The quantitative estimate of drug-likeness (QED) is 0.545. The number of halogens is 2. The first kappa shape index (κ1) is 21.4. The van der Waals surface area contributed by atoms with Crippen molar-refractivity contribution in [3.05, 3.63) is 71.6 Å². The number of carbonyl (C=O) groups is 2. The molecule has 0 unspecified atom stereocenters. The standard InChI is InChI=1S/C22H21F2N5O3/c23-16-2-1-3-17(24)20(16)29-12-18(19(28-29)21(25)30)26-14-6-4-13(5-7-14)22(31)27-15-8-10-32-11-9-15/h1-7,12,15,26H,8-11H2,(H2,25,30)(H,27,31). The maximum absolute atomic E-state index is 14.1. The number of ether oxygens (including phenoxy) is 1. The van der Waals surface area contributed by atoms with Crippen LogP contribution in [-0.2, 0) is 4.74 Å². The number of para-hydroxylation sites is 1. The van der Waals surface area contributed by atoms with Crippen molar-refractivity contribution >= 4 is 23.2 Å². The Bertz CT molecular complexity index is 1120. The lowest BCUT2D eigenvalue weighted by molar-refractivity contribution is 0.0696. The Hall–Kier alpha value is -3.79. The van der Waals surface area contributed by atoms with E-state index in [1.165, 1.54) is 12.3 Å². The number of aromatic nitrogens is 2. The molecule has 4 rings (SSSR count). The zero-order valence-electron chi connectivity index (χ0n) is 17.0. The fourth-order valence-electron chi connectivity index (χ4n) is 3.44. The largest absolute Gasteiger partial charge is 0.381 e. The number of nitrogens with one attached hydrogen (secondary N) is 2. The molecule has 2 aromatic carbocycles. The normalized spacial score (nSPS) is 14.2. The minimum Gasteiger partial charge on any atom is -0.381 e. The smallest absolute Gasteiger partial charge is 0.271 e. The SMILES string of the molecule is NC(=O)c1nn(-c2c(F)cccc2F)cc1Nc1ccc(C(=O)NC2CCOCC2)cc1. The molecule has 0 spiro atoms. The Labute approximate surface area is 182 Å². The lowest BCUT2D eigenvalue weighted by atomic mass is 10.1. The number of anilines is 2. The molecule has 1 saturated heterocycles. The lowest BCUT2D eigenvalue weighted by Crippen LogP contribution is -2.38. The Morgan fingerprint density at radius 3 is 2.34 bits per heavy atom. The number of benzene rings is 2. The number of nitrogens with zero attached hydrogens (tertiary/aromatic N) is 2. The highest BCUT2D eigenvalue weighted by atomic mass is 19.1. The highest BCUT2D eigenvalue weighted by Gasteiger charge is 2.20. The summed E-state index contributed by atoms with van der Waals surface area (Å²) in [6.07, 6.45) is 2.81. The topological polar surface area (TPSA) is 111 Å². The van der Waals surface area contributed by atoms with E-state index in [-0.39, 0.29) is 23.3 Å². The molecule has 2 amide bonds. The van der Waals surface area contributed by atoms with Crippen molar-refractivity contribution in [2.24, 2.45) is 5.73 Å². The van der Waals surface area contributed by atoms with Gasteiger partial charge in [0.15, 0.2) is 17.3 Å². The minimum absolute atomic E-state index is 0.0804. The van der Waals surface area contributed by atoms with Gasteiger partial charge in [0, 0.05) is 30.5 Å². The summed E-state index contributed by atoms with van der Waals surface area (Å²) in [7, 11) is 0. The van der Waals surface area contributed by atoms with E-state index in [9.17, 15) is 18.4 Å². The van der Waals surface area contributed by atoms with Gasteiger partial charge in [-0.2, -0.15) is 5.10 Å². The zero-order valence-corrected chi connectivity index (χ0v) is 17.0. The van der Waals surface area contributed by atoms with Crippen molar-refractivity contribution in [3.8, 4) is 5.69 Å². The molecular formula is C22H21F2N5O3. The monoisotopic (exact) mass is 441 g/mol. The van der Waals surface area contributed by atoms with Crippen molar-refractivity contribution in [2.45, 2.75) is 18.9 Å². The summed E-state index contributed by atoms with van der Waals surface area (Å²) in [4.78, 5) is 24.2.